The van der Waals surface area contributed by atoms with Gasteiger partial charge in [-0.2, -0.15) is 0 Å². The van der Waals surface area contributed by atoms with Gasteiger partial charge in [0.1, 0.15) is 11.2 Å². The molecule has 35 heavy (non-hydrogen) atoms. The molecule has 1 N–H and O–H groups in total. The molecular formula is C25H32N4O6. The van der Waals surface area contributed by atoms with E-state index in [2.05, 4.69) is 10.3 Å². The Morgan fingerprint density at radius 3 is 2.54 bits per heavy atom. The van der Waals surface area contributed by atoms with Gasteiger partial charge in [0.25, 0.3) is 5.91 Å². The Balaban J connectivity index is 1.76. The number of esters is 1. The van der Waals surface area contributed by atoms with Crippen LogP contribution < -0.4 is 14.8 Å². The van der Waals surface area contributed by atoms with Crippen molar-refractivity contribution in [1.82, 2.24) is 19.8 Å². The van der Waals surface area contributed by atoms with Gasteiger partial charge in [-0.15, -0.1) is 0 Å². The summed E-state index contributed by atoms with van der Waals surface area (Å²) in [5, 5.41) is 3.17. The van der Waals surface area contributed by atoms with Gasteiger partial charge >= 0.3 is 5.97 Å². The first-order valence-corrected chi connectivity index (χ1v) is 11.8. The Hall–Kier alpha value is -3.56. The zero-order chi connectivity index (χ0) is 25.2. The minimum atomic E-state index is -1.23. The molecule has 1 aromatic heterocycles. The molecule has 0 radical (unpaired) electrons. The summed E-state index contributed by atoms with van der Waals surface area (Å²) in [5.74, 6) is -0.437. The van der Waals surface area contributed by atoms with Crippen LogP contribution in [0.4, 0.5) is 0 Å². The first-order chi connectivity index (χ1) is 16.8. The lowest BCUT2D eigenvalue weighted by Crippen LogP contribution is -2.64. The summed E-state index contributed by atoms with van der Waals surface area (Å²) in [6.45, 7) is 1.96. The third-order valence-corrected chi connectivity index (χ3v) is 6.98. The molecule has 1 aromatic carbocycles. The van der Waals surface area contributed by atoms with Crippen LogP contribution in [0, 0.1) is 0 Å². The molecule has 0 bridgehead atoms. The third-order valence-electron chi connectivity index (χ3n) is 6.98. The van der Waals surface area contributed by atoms with E-state index in [1.54, 1.807) is 23.6 Å². The molecule has 4 rings (SSSR count). The largest absolute Gasteiger partial charge is 0.493 e. The number of benzene rings is 1. The predicted octanol–water partition coefficient (Wildman–Crippen LogP) is 2.55. The number of hydrogen-bond acceptors (Lipinski definition) is 7. The Morgan fingerprint density at radius 2 is 1.89 bits per heavy atom. The third kappa shape index (κ3) is 4.44. The van der Waals surface area contributed by atoms with Crippen molar-refractivity contribution in [1.29, 1.82) is 0 Å². The number of aromatic nitrogens is 2. The monoisotopic (exact) mass is 484 g/mol. The summed E-state index contributed by atoms with van der Waals surface area (Å²) in [4.78, 5) is 45.6. The number of imidazole rings is 1. The second-order valence-corrected chi connectivity index (χ2v) is 9.19. The number of nitrogens with one attached hydrogen (secondary N) is 1. The van der Waals surface area contributed by atoms with Crippen molar-refractivity contribution in [2.24, 2.45) is 0 Å². The molecule has 10 nitrogen and oxygen atoms in total. The molecule has 2 heterocycles. The number of carbonyl (C=O) groups excluding carboxylic acids is 3. The van der Waals surface area contributed by atoms with Gasteiger partial charge in [0.05, 0.1) is 40.7 Å². The van der Waals surface area contributed by atoms with Gasteiger partial charge in [-0.1, -0.05) is 31.4 Å². The van der Waals surface area contributed by atoms with Crippen molar-refractivity contribution in [3.63, 3.8) is 0 Å². The van der Waals surface area contributed by atoms with Crippen LogP contribution in [-0.4, -0.2) is 65.1 Å². The molecule has 1 aliphatic heterocycles. The molecule has 0 saturated heterocycles. The molecule has 1 saturated carbocycles. The van der Waals surface area contributed by atoms with Gasteiger partial charge in [-0.3, -0.25) is 9.59 Å². The Morgan fingerprint density at radius 1 is 1.14 bits per heavy atom. The van der Waals surface area contributed by atoms with Crippen LogP contribution >= 0.6 is 0 Å². The fourth-order valence-corrected chi connectivity index (χ4v) is 5.02. The second-order valence-electron chi connectivity index (χ2n) is 9.19. The summed E-state index contributed by atoms with van der Waals surface area (Å²) in [5.41, 5.74) is -0.537. The van der Waals surface area contributed by atoms with E-state index in [0.29, 0.717) is 17.1 Å². The van der Waals surface area contributed by atoms with Gasteiger partial charge in [0, 0.05) is 11.6 Å². The molecule has 2 aliphatic rings. The van der Waals surface area contributed by atoms with Crippen LogP contribution in [0.3, 0.4) is 0 Å². The molecule has 1 aliphatic carbocycles. The van der Waals surface area contributed by atoms with Crippen molar-refractivity contribution in [2.45, 2.75) is 63.7 Å². The fraction of sp³-hybridized carbons (Fsp3) is 0.520. The minimum absolute atomic E-state index is 0.0690. The van der Waals surface area contributed by atoms with E-state index in [4.69, 9.17) is 14.2 Å². The molecular weight excluding hydrogens is 452 g/mol. The Bertz CT molecular complexity index is 1120. The molecule has 1 fully saturated rings. The van der Waals surface area contributed by atoms with Crippen LogP contribution in [0.15, 0.2) is 24.5 Å². The van der Waals surface area contributed by atoms with Crippen LogP contribution in [0.25, 0.3) is 0 Å². The van der Waals surface area contributed by atoms with Gasteiger partial charge in [-0.05, 0) is 25.8 Å². The normalized spacial score (nSPS) is 20.2. The number of ether oxygens (including phenoxy) is 3. The zero-order valence-electron chi connectivity index (χ0n) is 20.6. The lowest BCUT2D eigenvalue weighted by atomic mass is 9.90. The van der Waals surface area contributed by atoms with Crippen LogP contribution in [-0.2, 0) is 22.6 Å². The smallest absolute Gasteiger partial charge is 0.359 e. The number of methoxy groups -OCH3 is 3. The summed E-state index contributed by atoms with van der Waals surface area (Å²) >= 11 is 0. The number of rotatable bonds is 7. The standard InChI is InChI=1S/C25H32N4O6/c1-25(24(32)27-17-10-6-5-7-11-17)14-28-15-26-19(23(31)35-4)20(28)22(30)29(25)13-16-9-8-12-18(33-2)21(16)34-3/h8-9,12,15,17H,5-7,10-11,13-14H2,1-4H3,(H,27,32)/t25-/m1/s1. The van der Waals surface area contributed by atoms with Gasteiger partial charge in [-0.25, -0.2) is 9.78 Å². The first-order valence-electron chi connectivity index (χ1n) is 11.8. The maximum Gasteiger partial charge on any atom is 0.359 e. The van der Waals surface area contributed by atoms with Gasteiger partial charge in [0.2, 0.25) is 5.91 Å². The van der Waals surface area contributed by atoms with Gasteiger partial charge in [0.15, 0.2) is 17.2 Å². The van der Waals surface area contributed by atoms with E-state index in [9.17, 15) is 14.4 Å². The molecule has 188 valence electrons. The van der Waals surface area contributed by atoms with E-state index in [0.717, 1.165) is 25.7 Å². The minimum Gasteiger partial charge on any atom is -0.493 e. The average Bonchev–Trinajstić information content (AvgIpc) is 3.29. The number of para-hydroxylation sites is 1. The van der Waals surface area contributed by atoms with Crippen molar-refractivity contribution in [3.05, 3.63) is 41.5 Å². The van der Waals surface area contributed by atoms with Gasteiger partial charge < -0.3 is 29.0 Å². The Labute approximate surface area is 204 Å². The van der Waals surface area contributed by atoms with E-state index in [-0.39, 0.29) is 36.4 Å². The average molecular weight is 485 g/mol. The number of amides is 2. The van der Waals surface area contributed by atoms with Crippen LogP contribution in [0.5, 0.6) is 11.5 Å². The predicted molar refractivity (Wildman–Crippen MR) is 126 cm³/mol. The van der Waals surface area contributed by atoms with E-state index in [1.807, 2.05) is 6.07 Å². The highest BCUT2D eigenvalue weighted by Crippen LogP contribution is 2.36. The quantitative estimate of drug-likeness (QED) is 0.601. The first kappa shape index (κ1) is 24.6. The maximum absolute atomic E-state index is 13.9. The summed E-state index contributed by atoms with van der Waals surface area (Å²) in [6.07, 6.45) is 6.55. The van der Waals surface area contributed by atoms with E-state index < -0.39 is 17.4 Å². The van der Waals surface area contributed by atoms with Crippen molar-refractivity contribution in [2.75, 3.05) is 21.3 Å². The lowest BCUT2D eigenvalue weighted by Gasteiger charge is -2.44. The zero-order valence-corrected chi connectivity index (χ0v) is 20.6. The van der Waals surface area contributed by atoms with E-state index >= 15 is 0 Å². The topological polar surface area (TPSA) is 112 Å². The Kier molecular flexibility index (Phi) is 7.00. The highest BCUT2D eigenvalue weighted by atomic mass is 16.5. The van der Waals surface area contributed by atoms with Crippen LogP contribution in [0.2, 0.25) is 0 Å². The summed E-state index contributed by atoms with van der Waals surface area (Å²) in [6, 6.07) is 5.46. The van der Waals surface area contributed by atoms with Crippen molar-refractivity contribution in [3.8, 4) is 11.5 Å². The molecule has 0 unspecified atom stereocenters. The number of nitrogens with zero attached hydrogens (tertiary/aromatic N) is 3. The lowest BCUT2D eigenvalue weighted by molar-refractivity contribution is -0.134. The molecule has 1 atom stereocenters. The summed E-state index contributed by atoms with van der Waals surface area (Å²) < 4.78 is 17.4. The van der Waals surface area contributed by atoms with Crippen LogP contribution in [0.1, 0.15) is 65.6 Å². The number of hydrogen-bond donors (Lipinski definition) is 1. The van der Waals surface area contributed by atoms with Crippen molar-refractivity contribution < 1.29 is 28.6 Å². The molecule has 10 heteroatoms. The maximum atomic E-state index is 13.9. The second kappa shape index (κ2) is 9.97. The molecule has 2 amide bonds. The summed E-state index contributed by atoms with van der Waals surface area (Å²) in [7, 11) is 4.30. The molecule has 2 aromatic rings. The number of fused-ring (bicyclic) bond motifs is 1. The highest BCUT2D eigenvalue weighted by Gasteiger charge is 2.49. The highest BCUT2D eigenvalue weighted by molar-refractivity contribution is 6.06. The fourth-order valence-electron chi connectivity index (χ4n) is 5.02. The van der Waals surface area contributed by atoms with Crippen molar-refractivity contribution >= 4 is 17.8 Å². The molecule has 0 spiro atoms. The number of carbonyl (C=O) groups is 3. The SMILES string of the molecule is COC(=O)c1ncn2c1C(=O)N(Cc1cccc(OC)c1OC)[C@@](C)(C(=O)NC1CCCCC1)C2. The van der Waals surface area contributed by atoms with E-state index in [1.165, 1.54) is 39.0 Å².